The van der Waals surface area contributed by atoms with Crippen molar-refractivity contribution in [2.24, 2.45) is 0 Å². The second-order valence-electron chi connectivity index (χ2n) is 10.7. The number of rotatable bonds is 18. The number of hydrogen-bond donors (Lipinski definition) is 2. The van der Waals surface area contributed by atoms with Crippen molar-refractivity contribution in [2.75, 3.05) is 26.4 Å². The van der Waals surface area contributed by atoms with Gasteiger partial charge in [0.15, 0.2) is 5.78 Å². The number of carbonyl (C=O) groups excluding carboxylic acids is 1. The standard InChI is InChI=1S/C33H44O9/c1-5-10-26-28(14-12-25-27(34)16-20-42-33(25)26)39-17-7-6-8-18-41-32-22(3)21(2)31(40-19-9-11-29(35)36)23(4)24(32)13-15-30(37)38/h12,14H,5-11,13,15-20H2,1-4H3,(H,35,36)(H,37,38). The summed E-state index contributed by atoms with van der Waals surface area (Å²) in [5, 5.41) is 18.2. The Labute approximate surface area is 248 Å². The Bertz CT molecular complexity index is 1270. The molecule has 1 aliphatic heterocycles. The van der Waals surface area contributed by atoms with E-state index in [4.69, 9.17) is 24.1 Å². The summed E-state index contributed by atoms with van der Waals surface area (Å²) in [5.41, 5.74) is 5.06. The van der Waals surface area contributed by atoms with Gasteiger partial charge in [-0.3, -0.25) is 14.4 Å². The Morgan fingerprint density at radius 3 is 2.12 bits per heavy atom. The molecule has 0 unspecified atom stereocenters. The molecule has 0 aromatic heterocycles. The minimum absolute atomic E-state index is 0.0256. The first-order valence-electron chi connectivity index (χ1n) is 14.9. The van der Waals surface area contributed by atoms with E-state index >= 15 is 0 Å². The van der Waals surface area contributed by atoms with E-state index in [1.165, 1.54) is 0 Å². The lowest BCUT2D eigenvalue weighted by Gasteiger charge is -2.23. The molecule has 1 heterocycles. The zero-order valence-corrected chi connectivity index (χ0v) is 25.3. The van der Waals surface area contributed by atoms with Crippen LogP contribution in [0.1, 0.15) is 96.5 Å². The van der Waals surface area contributed by atoms with Gasteiger partial charge in [-0.2, -0.15) is 0 Å². The van der Waals surface area contributed by atoms with Crippen LogP contribution in [-0.2, 0) is 22.4 Å². The summed E-state index contributed by atoms with van der Waals surface area (Å²) in [5.74, 6) is 1.18. The van der Waals surface area contributed by atoms with Crippen molar-refractivity contribution in [1.29, 1.82) is 0 Å². The summed E-state index contributed by atoms with van der Waals surface area (Å²) >= 11 is 0. The van der Waals surface area contributed by atoms with Crippen LogP contribution in [0.2, 0.25) is 0 Å². The van der Waals surface area contributed by atoms with Gasteiger partial charge in [-0.1, -0.05) is 13.3 Å². The summed E-state index contributed by atoms with van der Waals surface area (Å²) in [4.78, 5) is 34.5. The molecular weight excluding hydrogens is 540 g/mol. The molecular formula is C33H44O9. The van der Waals surface area contributed by atoms with Crippen LogP contribution in [0.15, 0.2) is 12.1 Å². The fraction of sp³-hybridized carbons (Fsp3) is 0.545. The van der Waals surface area contributed by atoms with E-state index in [1.54, 1.807) is 6.07 Å². The van der Waals surface area contributed by atoms with Crippen molar-refractivity contribution in [3.8, 4) is 23.0 Å². The third kappa shape index (κ3) is 8.63. The maximum absolute atomic E-state index is 12.3. The highest BCUT2D eigenvalue weighted by molar-refractivity contribution is 6.00. The second kappa shape index (κ2) is 16.0. The summed E-state index contributed by atoms with van der Waals surface area (Å²) in [6, 6.07) is 3.69. The molecule has 9 heteroatoms. The summed E-state index contributed by atoms with van der Waals surface area (Å²) in [7, 11) is 0. The van der Waals surface area contributed by atoms with Gasteiger partial charge in [-0.15, -0.1) is 0 Å². The molecule has 0 atom stereocenters. The van der Waals surface area contributed by atoms with Gasteiger partial charge in [0.2, 0.25) is 0 Å². The zero-order chi connectivity index (χ0) is 30.6. The molecule has 42 heavy (non-hydrogen) atoms. The van der Waals surface area contributed by atoms with Crippen molar-refractivity contribution in [3.05, 3.63) is 45.5 Å². The fourth-order valence-corrected chi connectivity index (χ4v) is 5.23. The molecule has 9 nitrogen and oxygen atoms in total. The number of carboxylic acid groups (broad SMARTS) is 2. The van der Waals surface area contributed by atoms with Crippen molar-refractivity contribution in [1.82, 2.24) is 0 Å². The lowest BCUT2D eigenvalue weighted by Crippen LogP contribution is -2.17. The third-order valence-corrected chi connectivity index (χ3v) is 7.57. The summed E-state index contributed by atoms with van der Waals surface area (Å²) in [6.07, 6.45) is 5.33. The van der Waals surface area contributed by atoms with Gasteiger partial charge in [0.25, 0.3) is 0 Å². The first-order valence-corrected chi connectivity index (χ1v) is 14.9. The monoisotopic (exact) mass is 584 g/mol. The number of hydrogen-bond acceptors (Lipinski definition) is 7. The van der Waals surface area contributed by atoms with E-state index in [1.807, 2.05) is 26.8 Å². The largest absolute Gasteiger partial charge is 0.493 e. The molecule has 1 aliphatic rings. The maximum Gasteiger partial charge on any atom is 0.303 e. The molecule has 0 bridgehead atoms. The first kappa shape index (κ1) is 32.8. The number of benzene rings is 2. The molecule has 2 aromatic rings. The topological polar surface area (TPSA) is 129 Å². The Kier molecular flexibility index (Phi) is 12.5. The van der Waals surface area contributed by atoms with Crippen molar-refractivity contribution < 1.29 is 43.5 Å². The molecule has 2 N–H and O–H groups in total. The smallest absolute Gasteiger partial charge is 0.303 e. The van der Waals surface area contributed by atoms with Crippen LogP contribution < -0.4 is 18.9 Å². The molecule has 2 aromatic carbocycles. The lowest BCUT2D eigenvalue weighted by atomic mass is 9.94. The molecule has 0 saturated carbocycles. The van der Waals surface area contributed by atoms with Gasteiger partial charge in [0.1, 0.15) is 23.0 Å². The van der Waals surface area contributed by atoms with E-state index in [-0.39, 0.29) is 25.2 Å². The number of Topliss-reactive ketones (excluding diaryl/α,β-unsaturated/α-hetero) is 1. The number of ether oxygens (including phenoxy) is 4. The van der Waals surface area contributed by atoms with Gasteiger partial charge in [-0.05, 0) is 88.1 Å². The average Bonchev–Trinajstić information content (AvgIpc) is 2.95. The van der Waals surface area contributed by atoms with E-state index in [2.05, 4.69) is 6.92 Å². The van der Waals surface area contributed by atoms with Crippen LogP contribution in [0.3, 0.4) is 0 Å². The number of aliphatic carboxylic acids is 2. The second-order valence-corrected chi connectivity index (χ2v) is 10.7. The van der Waals surface area contributed by atoms with E-state index in [9.17, 15) is 19.5 Å². The predicted octanol–water partition coefficient (Wildman–Crippen LogP) is 6.42. The first-order chi connectivity index (χ1) is 20.1. The van der Waals surface area contributed by atoms with Gasteiger partial charge < -0.3 is 29.2 Å². The van der Waals surface area contributed by atoms with Crippen molar-refractivity contribution in [2.45, 2.75) is 91.9 Å². The highest BCUT2D eigenvalue weighted by Gasteiger charge is 2.24. The van der Waals surface area contributed by atoms with Crippen LogP contribution in [0.25, 0.3) is 0 Å². The quantitative estimate of drug-likeness (QED) is 0.191. The highest BCUT2D eigenvalue weighted by atomic mass is 16.5. The Hall–Kier alpha value is -3.75. The molecule has 3 rings (SSSR count). The minimum atomic E-state index is -0.887. The van der Waals surface area contributed by atoms with Crippen LogP contribution in [0.5, 0.6) is 23.0 Å². The molecule has 0 fully saturated rings. The van der Waals surface area contributed by atoms with Crippen molar-refractivity contribution in [3.63, 3.8) is 0 Å². The number of carbonyl (C=O) groups is 3. The van der Waals surface area contributed by atoms with E-state index in [0.717, 1.165) is 65.7 Å². The number of fused-ring (bicyclic) bond motifs is 1. The number of carboxylic acids is 2. The molecule has 0 saturated heterocycles. The predicted molar refractivity (Wildman–Crippen MR) is 159 cm³/mol. The molecule has 0 aliphatic carbocycles. The van der Waals surface area contributed by atoms with E-state index in [0.29, 0.717) is 61.9 Å². The molecule has 0 radical (unpaired) electrons. The summed E-state index contributed by atoms with van der Waals surface area (Å²) < 4.78 is 24.2. The Morgan fingerprint density at radius 1 is 0.786 bits per heavy atom. The van der Waals surface area contributed by atoms with Crippen LogP contribution in [0.4, 0.5) is 0 Å². The highest BCUT2D eigenvalue weighted by Crippen LogP contribution is 2.39. The Balaban J connectivity index is 1.58. The van der Waals surface area contributed by atoms with Crippen LogP contribution in [-0.4, -0.2) is 54.4 Å². The Morgan fingerprint density at radius 2 is 1.43 bits per heavy atom. The number of unbranched alkanes of at least 4 members (excludes halogenated alkanes) is 2. The molecule has 0 amide bonds. The maximum atomic E-state index is 12.3. The third-order valence-electron chi connectivity index (χ3n) is 7.57. The zero-order valence-electron chi connectivity index (χ0n) is 25.3. The fourth-order valence-electron chi connectivity index (χ4n) is 5.23. The molecule has 0 spiro atoms. The molecule has 230 valence electrons. The van der Waals surface area contributed by atoms with Gasteiger partial charge in [0, 0.05) is 30.4 Å². The van der Waals surface area contributed by atoms with Gasteiger partial charge >= 0.3 is 11.9 Å². The van der Waals surface area contributed by atoms with Crippen LogP contribution >= 0.6 is 0 Å². The van der Waals surface area contributed by atoms with Crippen molar-refractivity contribution >= 4 is 17.7 Å². The number of ketones is 1. The van der Waals surface area contributed by atoms with Gasteiger partial charge in [-0.25, -0.2) is 0 Å². The normalized spacial score (nSPS) is 12.4. The SMILES string of the molecule is CCCc1c(OCCCCCOc2c(C)c(C)c(OCCCC(=O)O)c(C)c2CCC(=O)O)ccc2c1OCCC2=O. The lowest BCUT2D eigenvalue weighted by molar-refractivity contribution is -0.138. The van der Waals surface area contributed by atoms with E-state index < -0.39 is 11.9 Å². The van der Waals surface area contributed by atoms with Crippen LogP contribution in [0, 0.1) is 20.8 Å². The van der Waals surface area contributed by atoms with Gasteiger partial charge in [0.05, 0.1) is 32.0 Å². The minimum Gasteiger partial charge on any atom is -0.493 e. The summed E-state index contributed by atoms with van der Waals surface area (Å²) in [6.45, 7) is 9.57. The average molecular weight is 585 g/mol.